The minimum absolute atomic E-state index is 0.105. The van der Waals surface area contributed by atoms with E-state index in [0.29, 0.717) is 5.69 Å². The van der Waals surface area contributed by atoms with Gasteiger partial charge in [-0.2, -0.15) is 0 Å². The molecule has 0 unspecified atom stereocenters. The van der Waals surface area contributed by atoms with Crippen LogP contribution in [-0.4, -0.2) is 22.0 Å². The fraction of sp³-hybridized carbons (Fsp3) is 0.400. The summed E-state index contributed by atoms with van der Waals surface area (Å²) < 4.78 is 4.69. The zero-order chi connectivity index (χ0) is 8.27. The molecule has 1 rings (SSSR count). The van der Waals surface area contributed by atoms with E-state index >= 15 is 0 Å². The predicted molar refractivity (Wildman–Crippen MR) is 36.0 cm³/mol. The first kappa shape index (κ1) is 7.67. The summed E-state index contributed by atoms with van der Waals surface area (Å²) in [6, 6.07) is 0. The molecule has 0 amide bonds. The average molecular weight is 157 g/mol. The van der Waals surface area contributed by atoms with E-state index in [2.05, 4.69) is 9.97 Å². The molecular formula is C5H7N3O3. The van der Waals surface area contributed by atoms with E-state index in [1.54, 1.807) is 0 Å². The summed E-state index contributed by atoms with van der Waals surface area (Å²) in [5.41, 5.74) is 0.317. The van der Waals surface area contributed by atoms with Gasteiger partial charge >= 0.3 is 5.82 Å². The molecule has 1 aromatic rings. The van der Waals surface area contributed by atoms with Crippen molar-refractivity contribution >= 4 is 5.82 Å². The van der Waals surface area contributed by atoms with E-state index < -0.39 is 4.92 Å². The van der Waals surface area contributed by atoms with Crippen molar-refractivity contribution in [1.82, 2.24) is 9.97 Å². The van der Waals surface area contributed by atoms with Crippen molar-refractivity contribution in [3.63, 3.8) is 0 Å². The zero-order valence-corrected chi connectivity index (χ0v) is 5.90. The van der Waals surface area contributed by atoms with Crippen LogP contribution in [0.1, 0.15) is 5.69 Å². The largest absolute Gasteiger partial charge is 0.378 e. The number of rotatable bonds is 3. The van der Waals surface area contributed by atoms with Crippen LogP contribution in [0.4, 0.5) is 5.82 Å². The van der Waals surface area contributed by atoms with Gasteiger partial charge in [0.05, 0.1) is 6.61 Å². The Hall–Kier alpha value is -1.43. The minimum Gasteiger partial charge on any atom is -0.378 e. The molecule has 0 aromatic carbocycles. The van der Waals surface area contributed by atoms with Crippen molar-refractivity contribution in [1.29, 1.82) is 0 Å². The number of hydrogen-bond acceptors (Lipinski definition) is 4. The van der Waals surface area contributed by atoms with Crippen LogP contribution < -0.4 is 0 Å². The lowest BCUT2D eigenvalue weighted by atomic mass is 10.5. The first-order chi connectivity index (χ1) is 5.25. The van der Waals surface area contributed by atoms with Gasteiger partial charge in [0, 0.05) is 7.11 Å². The van der Waals surface area contributed by atoms with Gasteiger partial charge in [-0.1, -0.05) is 0 Å². The lowest BCUT2D eigenvalue weighted by molar-refractivity contribution is -0.390. The first-order valence-electron chi connectivity index (χ1n) is 2.91. The van der Waals surface area contributed by atoms with E-state index in [1.165, 1.54) is 13.4 Å². The Bertz CT molecular complexity index is 257. The summed E-state index contributed by atoms with van der Waals surface area (Å²) in [5, 5.41) is 10.2. The van der Waals surface area contributed by atoms with Crippen molar-refractivity contribution in [3.8, 4) is 0 Å². The van der Waals surface area contributed by atoms with Crippen molar-refractivity contribution < 1.29 is 9.66 Å². The molecule has 1 heterocycles. The lowest BCUT2D eigenvalue weighted by Crippen LogP contribution is -1.95. The summed E-state index contributed by atoms with van der Waals surface area (Å²) in [7, 11) is 1.46. The SMILES string of the molecule is COCc1nc[nH]c1[N+](=O)[O-]. The minimum atomic E-state index is -0.526. The number of imidazole rings is 1. The highest BCUT2D eigenvalue weighted by Crippen LogP contribution is 2.12. The van der Waals surface area contributed by atoms with Gasteiger partial charge in [-0.15, -0.1) is 0 Å². The van der Waals surface area contributed by atoms with Crippen LogP contribution in [0.5, 0.6) is 0 Å². The van der Waals surface area contributed by atoms with E-state index in [1.807, 2.05) is 0 Å². The van der Waals surface area contributed by atoms with Crippen LogP contribution in [0.2, 0.25) is 0 Å². The predicted octanol–water partition coefficient (Wildman–Crippen LogP) is 0.464. The number of nitro groups is 1. The zero-order valence-electron chi connectivity index (χ0n) is 5.90. The van der Waals surface area contributed by atoms with Gasteiger partial charge in [0.25, 0.3) is 0 Å². The molecule has 0 aliphatic heterocycles. The normalized spacial score (nSPS) is 9.91. The number of H-pyrrole nitrogens is 1. The lowest BCUT2D eigenvalue weighted by Gasteiger charge is -1.93. The van der Waals surface area contributed by atoms with Gasteiger partial charge in [-0.05, 0) is 4.92 Å². The molecule has 0 spiro atoms. The number of aromatic nitrogens is 2. The van der Waals surface area contributed by atoms with Crippen LogP contribution in [0.3, 0.4) is 0 Å². The maximum absolute atomic E-state index is 10.2. The number of methoxy groups -OCH3 is 1. The monoisotopic (exact) mass is 157 g/mol. The second-order valence-electron chi connectivity index (χ2n) is 1.89. The van der Waals surface area contributed by atoms with Crippen LogP contribution in [0, 0.1) is 10.1 Å². The second kappa shape index (κ2) is 3.11. The Balaban J connectivity index is 2.87. The number of aromatic amines is 1. The Morgan fingerprint density at radius 2 is 2.64 bits per heavy atom. The third-order valence-electron chi connectivity index (χ3n) is 1.16. The van der Waals surface area contributed by atoms with Gasteiger partial charge in [0.1, 0.15) is 0 Å². The van der Waals surface area contributed by atoms with Gasteiger partial charge in [0.2, 0.25) is 0 Å². The number of nitrogens with one attached hydrogen (secondary N) is 1. The van der Waals surface area contributed by atoms with E-state index in [0.717, 1.165) is 0 Å². The van der Waals surface area contributed by atoms with E-state index in [4.69, 9.17) is 4.74 Å². The molecule has 0 saturated heterocycles. The highest BCUT2D eigenvalue weighted by atomic mass is 16.6. The van der Waals surface area contributed by atoms with E-state index in [9.17, 15) is 10.1 Å². The second-order valence-corrected chi connectivity index (χ2v) is 1.89. The summed E-state index contributed by atoms with van der Waals surface area (Å²) in [4.78, 5) is 15.8. The Labute approximate surface area is 62.4 Å². The van der Waals surface area contributed by atoms with Gasteiger partial charge in [-0.25, -0.2) is 9.97 Å². The highest BCUT2D eigenvalue weighted by molar-refractivity contribution is 5.24. The van der Waals surface area contributed by atoms with Gasteiger partial charge < -0.3 is 14.9 Å². The standard InChI is InChI=1S/C5H7N3O3/c1-11-2-4-5(8(9)10)7-3-6-4/h3H,2H2,1H3,(H,6,7). The number of nitrogens with zero attached hydrogens (tertiary/aromatic N) is 2. The molecule has 0 aliphatic rings. The molecule has 60 valence electrons. The Morgan fingerprint density at radius 3 is 3.18 bits per heavy atom. The molecule has 1 aromatic heterocycles. The Kier molecular flexibility index (Phi) is 2.17. The molecule has 1 N–H and O–H groups in total. The summed E-state index contributed by atoms with van der Waals surface area (Å²) in [6.07, 6.45) is 1.27. The molecule has 0 atom stereocenters. The third kappa shape index (κ3) is 1.53. The summed E-state index contributed by atoms with van der Waals surface area (Å²) >= 11 is 0. The number of hydrogen-bond donors (Lipinski definition) is 1. The molecule has 0 aliphatic carbocycles. The van der Waals surface area contributed by atoms with Gasteiger partial charge in [0.15, 0.2) is 12.0 Å². The number of ether oxygens (including phenoxy) is 1. The van der Waals surface area contributed by atoms with Crippen LogP contribution in [0.15, 0.2) is 6.33 Å². The van der Waals surface area contributed by atoms with Crippen molar-refractivity contribution in [3.05, 3.63) is 22.1 Å². The molecule has 11 heavy (non-hydrogen) atoms. The fourth-order valence-corrected chi connectivity index (χ4v) is 0.716. The average Bonchev–Trinajstić information content (AvgIpc) is 2.36. The molecule has 6 nitrogen and oxygen atoms in total. The maximum atomic E-state index is 10.2. The smallest absolute Gasteiger partial charge is 0.346 e. The third-order valence-corrected chi connectivity index (χ3v) is 1.16. The molecule has 0 fully saturated rings. The van der Waals surface area contributed by atoms with E-state index in [-0.39, 0.29) is 12.4 Å². The van der Waals surface area contributed by atoms with Crippen LogP contribution in [-0.2, 0) is 11.3 Å². The van der Waals surface area contributed by atoms with Crippen molar-refractivity contribution in [2.45, 2.75) is 6.61 Å². The van der Waals surface area contributed by atoms with Crippen molar-refractivity contribution in [2.24, 2.45) is 0 Å². The molecule has 0 radical (unpaired) electrons. The summed E-state index contributed by atoms with van der Waals surface area (Å²) in [5.74, 6) is -0.105. The van der Waals surface area contributed by atoms with Crippen LogP contribution in [0.25, 0.3) is 0 Å². The van der Waals surface area contributed by atoms with Crippen molar-refractivity contribution in [2.75, 3.05) is 7.11 Å². The Morgan fingerprint density at radius 1 is 1.91 bits per heavy atom. The molecule has 0 bridgehead atoms. The highest BCUT2D eigenvalue weighted by Gasteiger charge is 2.13. The summed E-state index contributed by atoms with van der Waals surface area (Å²) in [6.45, 7) is 0.153. The first-order valence-corrected chi connectivity index (χ1v) is 2.91. The molecule has 0 saturated carbocycles. The quantitative estimate of drug-likeness (QED) is 0.510. The molecule has 6 heteroatoms. The topological polar surface area (TPSA) is 81.0 Å². The van der Waals surface area contributed by atoms with Gasteiger partial charge in [-0.3, -0.25) is 0 Å². The maximum Gasteiger partial charge on any atom is 0.346 e. The van der Waals surface area contributed by atoms with Crippen LogP contribution >= 0.6 is 0 Å². The molecular weight excluding hydrogens is 150 g/mol. The fourth-order valence-electron chi connectivity index (χ4n) is 0.716.